The van der Waals surface area contributed by atoms with E-state index in [0.717, 1.165) is 16.7 Å². The Morgan fingerprint density at radius 1 is 0.957 bits per heavy atom. The van der Waals surface area contributed by atoms with Gasteiger partial charge in [-0.2, -0.15) is 26.3 Å². The third-order valence-corrected chi connectivity index (χ3v) is 3.59. The lowest BCUT2D eigenvalue weighted by Gasteiger charge is -2.26. The van der Waals surface area contributed by atoms with Crippen molar-refractivity contribution < 1.29 is 26.3 Å². The van der Waals surface area contributed by atoms with Gasteiger partial charge in [-0.15, -0.1) is 10.2 Å². The average Bonchev–Trinajstić information content (AvgIpc) is 2.89. The monoisotopic (exact) mass is 336 g/mol. The molecule has 0 saturated carbocycles. The van der Waals surface area contributed by atoms with Crippen molar-refractivity contribution in [2.45, 2.75) is 31.5 Å². The van der Waals surface area contributed by atoms with Gasteiger partial charge in [0.2, 0.25) is 5.82 Å². The predicted octanol–water partition coefficient (Wildman–Crippen LogP) is 3.16. The van der Waals surface area contributed by atoms with Gasteiger partial charge in [0, 0.05) is 6.54 Å². The van der Waals surface area contributed by atoms with Crippen LogP contribution in [0.3, 0.4) is 0 Å². The number of fused-ring (bicyclic) bond motifs is 1. The van der Waals surface area contributed by atoms with Crippen LogP contribution in [0.5, 0.6) is 0 Å². The number of rotatable bonds is 1. The fourth-order valence-corrected chi connectivity index (χ4v) is 2.46. The van der Waals surface area contributed by atoms with Crippen molar-refractivity contribution in [3.8, 4) is 0 Å². The van der Waals surface area contributed by atoms with E-state index >= 15 is 0 Å². The molecule has 0 aliphatic carbocycles. The number of benzene rings is 1. The minimum absolute atomic E-state index is 0.0504. The van der Waals surface area contributed by atoms with Gasteiger partial charge < -0.3 is 9.88 Å². The van der Waals surface area contributed by atoms with Gasteiger partial charge >= 0.3 is 12.4 Å². The maximum absolute atomic E-state index is 12.9. The van der Waals surface area contributed by atoms with Crippen molar-refractivity contribution in [3.05, 3.63) is 47.0 Å². The fraction of sp³-hybridized carbons (Fsp3) is 0.385. The molecular weight excluding hydrogens is 326 g/mol. The van der Waals surface area contributed by atoms with Crippen LogP contribution in [0.4, 0.5) is 26.3 Å². The first-order valence-electron chi connectivity index (χ1n) is 6.56. The van der Waals surface area contributed by atoms with Crippen LogP contribution in [0.25, 0.3) is 0 Å². The summed E-state index contributed by atoms with van der Waals surface area (Å²) >= 11 is 0. The van der Waals surface area contributed by atoms with Crippen LogP contribution in [0.2, 0.25) is 0 Å². The predicted molar refractivity (Wildman–Crippen MR) is 66.0 cm³/mol. The van der Waals surface area contributed by atoms with E-state index in [1.807, 2.05) is 0 Å². The molecule has 0 amide bonds. The largest absolute Gasteiger partial charge is 0.451 e. The Bertz CT molecular complexity index is 701. The lowest BCUT2D eigenvalue weighted by Crippen LogP contribution is -2.34. The van der Waals surface area contributed by atoms with Crippen molar-refractivity contribution in [1.82, 2.24) is 20.1 Å². The van der Waals surface area contributed by atoms with Crippen LogP contribution in [0.1, 0.15) is 28.8 Å². The topological polar surface area (TPSA) is 42.7 Å². The lowest BCUT2D eigenvalue weighted by molar-refractivity contribution is -0.148. The highest BCUT2D eigenvalue weighted by Gasteiger charge is 2.40. The number of aromatic nitrogens is 3. The number of hydrogen-bond acceptors (Lipinski definition) is 3. The zero-order valence-corrected chi connectivity index (χ0v) is 11.4. The lowest BCUT2D eigenvalue weighted by atomic mass is 10.0. The highest BCUT2D eigenvalue weighted by molar-refractivity contribution is 5.27. The Hall–Kier alpha value is -2.10. The van der Waals surface area contributed by atoms with Crippen molar-refractivity contribution in [3.63, 3.8) is 0 Å². The van der Waals surface area contributed by atoms with Gasteiger partial charge in [0.05, 0.1) is 18.2 Å². The van der Waals surface area contributed by atoms with Gasteiger partial charge in [-0.1, -0.05) is 12.1 Å². The number of hydrogen-bond donors (Lipinski definition) is 1. The molecule has 2 heterocycles. The third kappa shape index (κ3) is 3.03. The quantitative estimate of drug-likeness (QED) is 0.814. The maximum Gasteiger partial charge on any atom is 0.451 e. The molecular formula is C13H10F6N4. The molecule has 0 fully saturated rings. The second kappa shape index (κ2) is 5.22. The smallest absolute Gasteiger partial charge is 0.304 e. The summed E-state index contributed by atoms with van der Waals surface area (Å²) < 4.78 is 77.1. The molecule has 1 aliphatic rings. The Kier molecular flexibility index (Phi) is 3.58. The van der Waals surface area contributed by atoms with E-state index in [4.69, 9.17) is 0 Å². The summed E-state index contributed by atoms with van der Waals surface area (Å²) in [5.74, 6) is -0.966. The van der Waals surface area contributed by atoms with Gasteiger partial charge in [0.25, 0.3) is 0 Å². The molecule has 1 aromatic carbocycles. The van der Waals surface area contributed by atoms with E-state index < -0.39 is 29.8 Å². The van der Waals surface area contributed by atoms with Gasteiger partial charge in [-0.3, -0.25) is 0 Å². The number of nitrogens with zero attached hydrogens (tertiary/aromatic N) is 3. The Balaban J connectivity index is 1.86. The molecule has 3 rings (SSSR count). The number of alkyl halides is 6. The van der Waals surface area contributed by atoms with E-state index in [0.29, 0.717) is 5.56 Å². The van der Waals surface area contributed by atoms with Crippen LogP contribution in [-0.2, 0) is 25.4 Å². The molecule has 23 heavy (non-hydrogen) atoms. The summed E-state index contributed by atoms with van der Waals surface area (Å²) in [6, 6.07) is 3.76. The highest BCUT2D eigenvalue weighted by Crippen LogP contribution is 2.33. The van der Waals surface area contributed by atoms with E-state index in [9.17, 15) is 26.3 Å². The third-order valence-electron chi connectivity index (χ3n) is 3.59. The molecule has 1 aromatic heterocycles. The Morgan fingerprint density at radius 3 is 2.17 bits per heavy atom. The molecule has 1 unspecified atom stereocenters. The average molecular weight is 336 g/mol. The molecule has 10 heteroatoms. The van der Waals surface area contributed by atoms with Gasteiger partial charge in [0.15, 0.2) is 0 Å². The summed E-state index contributed by atoms with van der Waals surface area (Å²) in [5, 5.41) is 9.56. The number of halogens is 6. The van der Waals surface area contributed by atoms with E-state index in [1.165, 1.54) is 12.1 Å². The molecule has 4 nitrogen and oxygen atoms in total. The van der Waals surface area contributed by atoms with Crippen molar-refractivity contribution in [2.75, 3.05) is 0 Å². The molecule has 1 atom stereocenters. The fourth-order valence-electron chi connectivity index (χ4n) is 2.46. The Morgan fingerprint density at radius 2 is 1.61 bits per heavy atom. The Labute approximate surface area is 126 Å². The SMILES string of the molecule is FC(F)(F)c1ccc(C2Cn3c(nnc3C(F)(F)F)CN2)cc1. The van der Waals surface area contributed by atoms with Gasteiger partial charge in [-0.25, -0.2) is 0 Å². The van der Waals surface area contributed by atoms with E-state index in [1.54, 1.807) is 0 Å². The van der Waals surface area contributed by atoms with Crippen molar-refractivity contribution in [2.24, 2.45) is 0 Å². The van der Waals surface area contributed by atoms with Crippen molar-refractivity contribution >= 4 is 0 Å². The number of nitrogens with one attached hydrogen (secondary N) is 1. The molecule has 2 aromatic rings. The molecule has 1 N–H and O–H groups in total. The van der Waals surface area contributed by atoms with Gasteiger partial charge in [0.1, 0.15) is 5.82 Å². The molecule has 0 bridgehead atoms. The normalized spacial score (nSPS) is 18.8. The van der Waals surface area contributed by atoms with E-state index in [2.05, 4.69) is 15.5 Å². The molecule has 124 valence electrons. The van der Waals surface area contributed by atoms with Crippen LogP contribution in [0.15, 0.2) is 24.3 Å². The minimum atomic E-state index is -4.63. The minimum Gasteiger partial charge on any atom is -0.304 e. The molecule has 0 radical (unpaired) electrons. The van der Waals surface area contributed by atoms with Crippen LogP contribution < -0.4 is 5.32 Å². The summed E-state index contributed by atoms with van der Waals surface area (Å²) in [5.41, 5.74) is -0.344. The highest BCUT2D eigenvalue weighted by atomic mass is 19.4. The summed E-state index contributed by atoms with van der Waals surface area (Å²) in [6.07, 6.45) is -9.09. The zero-order valence-electron chi connectivity index (χ0n) is 11.4. The second-order valence-corrected chi connectivity index (χ2v) is 5.10. The summed E-state index contributed by atoms with van der Waals surface area (Å²) in [4.78, 5) is 0. The first-order chi connectivity index (χ1) is 10.7. The second-order valence-electron chi connectivity index (χ2n) is 5.10. The van der Waals surface area contributed by atoms with Crippen LogP contribution in [0, 0.1) is 0 Å². The summed E-state index contributed by atoms with van der Waals surface area (Å²) in [7, 11) is 0. The van der Waals surface area contributed by atoms with E-state index in [-0.39, 0.29) is 18.9 Å². The first kappa shape index (κ1) is 15.8. The standard InChI is InChI=1S/C13H10F6N4/c14-12(15,16)8-3-1-7(2-4-8)9-6-23-10(5-20-9)21-22-11(23)13(17,18)19/h1-4,9,20H,5-6H2. The van der Waals surface area contributed by atoms with Gasteiger partial charge in [-0.05, 0) is 17.7 Å². The molecule has 0 saturated heterocycles. The van der Waals surface area contributed by atoms with Crippen LogP contribution in [-0.4, -0.2) is 14.8 Å². The van der Waals surface area contributed by atoms with Crippen LogP contribution >= 0.6 is 0 Å². The van der Waals surface area contributed by atoms with Crippen molar-refractivity contribution in [1.29, 1.82) is 0 Å². The summed E-state index contributed by atoms with van der Waals surface area (Å²) in [6.45, 7) is -0.0582. The maximum atomic E-state index is 12.9. The molecule has 1 aliphatic heterocycles. The zero-order chi connectivity index (χ0) is 16.8. The first-order valence-corrected chi connectivity index (χ1v) is 6.56. The molecule has 0 spiro atoms.